The van der Waals surface area contributed by atoms with Gasteiger partial charge in [-0.3, -0.25) is 0 Å². The first-order chi connectivity index (χ1) is 9.77. The quantitative estimate of drug-likeness (QED) is 0.584. The molecule has 0 amide bonds. The van der Waals surface area contributed by atoms with Crippen molar-refractivity contribution < 1.29 is 9.31 Å². The Morgan fingerprint density at radius 1 is 1.14 bits per heavy atom. The zero-order chi connectivity index (χ0) is 15.7. The molecule has 0 saturated carbocycles. The fraction of sp³-hybridized carbons (Fsp3) is 0.444. The van der Waals surface area contributed by atoms with Gasteiger partial charge < -0.3 is 9.31 Å². The van der Waals surface area contributed by atoms with Gasteiger partial charge in [0.15, 0.2) is 0 Å². The lowest BCUT2D eigenvalue weighted by molar-refractivity contribution is 0.00578. The van der Waals surface area contributed by atoms with E-state index in [1.165, 1.54) is 5.56 Å². The predicted octanol–water partition coefficient (Wildman–Crippen LogP) is 4.53. The van der Waals surface area contributed by atoms with Gasteiger partial charge in [-0.2, -0.15) is 0 Å². The average Bonchev–Trinajstić information content (AvgIpc) is 2.65. The summed E-state index contributed by atoms with van der Waals surface area (Å²) >= 11 is 0. The first kappa shape index (κ1) is 16.1. The third-order valence-electron chi connectivity index (χ3n) is 4.58. The van der Waals surface area contributed by atoms with Gasteiger partial charge >= 0.3 is 7.12 Å². The number of benzene rings is 1. The summed E-state index contributed by atoms with van der Waals surface area (Å²) in [7, 11) is -0.346. The lowest BCUT2D eigenvalue weighted by Crippen LogP contribution is -2.41. The van der Waals surface area contributed by atoms with Gasteiger partial charge in [-0.05, 0) is 45.2 Å². The van der Waals surface area contributed by atoms with E-state index in [1.807, 2.05) is 24.3 Å². The minimum atomic E-state index is -0.346. The summed E-state index contributed by atoms with van der Waals surface area (Å²) in [6.07, 6.45) is 2.75. The lowest BCUT2D eigenvalue weighted by Gasteiger charge is -2.32. The molecular formula is C18H25BO2. The van der Waals surface area contributed by atoms with Crippen molar-refractivity contribution in [3.63, 3.8) is 0 Å². The Morgan fingerprint density at radius 3 is 2.14 bits per heavy atom. The Balaban J connectivity index is 2.07. The van der Waals surface area contributed by atoms with E-state index in [1.54, 1.807) is 0 Å². The third kappa shape index (κ3) is 3.30. The summed E-state index contributed by atoms with van der Waals surface area (Å²) in [6.45, 7) is 16.4. The largest absolute Gasteiger partial charge is 0.489 e. The molecule has 0 spiro atoms. The van der Waals surface area contributed by atoms with Crippen molar-refractivity contribution in [2.24, 2.45) is 0 Å². The van der Waals surface area contributed by atoms with E-state index in [2.05, 4.69) is 53.0 Å². The normalized spacial score (nSPS) is 21.0. The van der Waals surface area contributed by atoms with Crippen LogP contribution in [0.1, 0.15) is 45.6 Å². The highest BCUT2D eigenvalue weighted by molar-refractivity contribution is 6.54. The summed E-state index contributed by atoms with van der Waals surface area (Å²) in [5, 5.41) is 0. The molecule has 1 aromatic carbocycles. The van der Waals surface area contributed by atoms with Crippen LogP contribution in [0.25, 0.3) is 0 Å². The molecule has 3 heteroatoms. The van der Waals surface area contributed by atoms with Crippen LogP contribution in [0.2, 0.25) is 0 Å². The molecule has 0 unspecified atom stereocenters. The number of hydrogen-bond acceptors (Lipinski definition) is 2. The van der Waals surface area contributed by atoms with Crippen molar-refractivity contribution in [2.75, 3.05) is 0 Å². The monoisotopic (exact) mass is 284 g/mol. The van der Waals surface area contributed by atoms with Crippen molar-refractivity contribution in [3.8, 4) is 0 Å². The van der Waals surface area contributed by atoms with Gasteiger partial charge in [-0.15, -0.1) is 13.2 Å². The minimum absolute atomic E-state index is 0.234. The Labute approximate surface area is 129 Å². The first-order valence-corrected chi connectivity index (χ1v) is 7.47. The molecule has 112 valence electrons. The molecule has 0 aliphatic carbocycles. The van der Waals surface area contributed by atoms with Crippen molar-refractivity contribution in [3.05, 3.63) is 60.6 Å². The van der Waals surface area contributed by atoms with E-state index in [4.69, 9.17) is 9.31 Å². The minimum Gasteiger partial charge on any atom is -0.400 e. The highest BCUT2D eigenvalue weighted by atomic mass is 16.7. The van der Waals surface area contributed by atoms with E-state index >= 15 is 0 Å². The fourth-order valence-corrected chi connectivity index (χ4v) is 2.43. The van der Waals surface area contributed by atoms with Gasteiger partial charge in [0.1, 0.15) is 0 Å². The SMILES string of the molecule is C=C[C@H](CC(=C)B1OC(C)(C)C(C)(C)O1)c1ccccc1. The standard InChI is InChI=1S/C18H25BO2/c1-7-15(16-11-9-8-10-12-16)13-14(2)19-20-17(3,4)18(5,6)21-19/h7-12,15H,1-2,13H2,3-6H3/t15-/m1/s1. The maximum atomic E-state index is 6.05. The Bertz CT molecular complexity index is 503. The lowest BCUT2D eigenvalue weighted by atomic mass is 9.73. The number of hydrogen-bond donors (Lipinski definition) is 0. The van der Waals surface area contributed by atoms with Crippen LogP contribution >= 0.6 is 0 Å². The molecule has 1 heterocycles. The van der Waals surface area contributed by atoms with Crippen LogP contribution < -0.4 is 0 Å². The summed E-state index contributed by atoms with van der Waals surface area (Å²) in [5.74, 6) is 0.234. The third-order valence-corrected chi connectivity index (χ3v) is 4.58. The summed E-state index contributed by atoms with van der Waals surface area (Å²) in [5.41, 5.74) is 1.56. The number of rotatable bonds is 5. The van der Waals surface area contributed by atoms with Crippen LogP contribution in [0.15, 0.2) is 55.0 Å². The highest BCUT2D eigenvalue weighted by Crippen LogP contribution is 2.39. The molecule has 1 aromatic rings. The van der Waals surface area contributed by atoms with Crippen molar-refractivity contribution in [2.45, 2.75) is 51.2 Å². The smallest absolute Gasteiger partial charge is 0.400 e. The van der Waals surface area contributed by atoms with Gasteiger partial charge in [0.05, 0.1) is 11.2 Å². The maximum absolute atomic E-state index is 6.05. The molecule has 1 aliphatic heterocycles. The van der Waals surface area contributed by atoms with Gasteiger partial charge in [0, 0.05) is 5.92 Å². The summed E-state index contributed by atoms with van der Waals surface area (Å²) in [4.78, 5) is 0. The Hall–Kier alpha value is -1.32. The highest BCUT2D eigenvalue weighted by Gasteiger charge is 2.51. The summed E-state index contributed by atoms with van der Waals surface area (Å²) in [6, 6.07) is 10.3. The molecule has 0 aromatic heterocycles. The zero-order valence-electron chi connectivity index (χ0n) is 13.6. The molecule has 2 rings (SSSR count). The Morgan fingerprint density at radius 2 is 1.67 bits per heavy atom. The Kier molecular flexibility index (Phi) is 4.45. The van der Waals surface area contributed by atoms with E-state index in [0.29, 0.717) is 0 Å². The van der Waals surface area contributed by atoms with Crippen LogP contribution in [0, 0.1) is 0 Å². The van der Waals surface area contributed by atoms with Gasteiger partial charge in [0.2, 0.25) is 0 Å². The molecule has 2 nitrogen and oxygen atoms in total. The van der Waals surface area contributed by atoms with Crippen LogP contribution in [-0.2, 0) is 9.31 Å². The second-order valence-electron chi connectivity index (χ2n) is 6.70. The first-order valence-electron chi connectivity index (χ1n) is 7.47. The second-order valence-corrected chi connectivity index (χ2v) is 6.70. The molecule has 0 radical (unpaired) electrons. The molecule has 0 bridgehead atoms. The van der Waals surface area contributed by atoms with Gasteiger partial charge in [-0.1, -0.05) is 36.4 Å². The van der Waals surface area contributed by atoms with Crippen LogP contribution in [0.3, 0.4) is 0 Å². The van der Waals surface area contributed by atoms with E-state index in [-0.39, 0.29) is 24.2 Å². The maximum Gasteiger partial charge on any atom is 0.489 e. The molecule has 0 N–H and O–H groups in total. The molecule has 1 saturated heterocycles. The van der Waals surface area contributed by atoms with Crippen LogP contribution in [0.4, 0.5) is 0 Å². The van der Waals surface area contributed by atoms with E-state index in [0.717, 1.165) is 11.9 Å². The number of allylic oxidation sites excluding steroid dienone is 2. The summed E-state index contributed by atoms with van der Waals surface area (Å²) < 4.78 is 12.1. The van der Waals surface area contributed by atoms with Crippen molar-refractivity contribution in [1.29, 1.82) is 0 Å². The molecule has 1 aliphatic rings. The van der Waals surface area contributed by atoms with E-state index in [9.17, 15) is 0 Å². The molecule has 1 fully saturated rings. The zero-order valence-corrected chi connectivity index (χ0v) is 13.6. The average molecular weight is 284 g/mol. The van der Waals surface area contributed by atoms with Crippen LogP contribution in [-0.4, -0.2) is 18.3 Å². The van der Waals surface area contributed by atoms with E-state index < -0.39 is 0 Å². The van der Waals surface area contributed by atoms with Crippen molar-refractivity contribution >= 4 is 7.12 Å². The molecular weight excluding hydrogens is 259 g/mol. The predicted molar refractivity (Wildman–Crippen MR) is 89.2 cm³/mol. The molecule has 21 heavy (non-hydrogen) atoms. The van der Waals surface area contributed by atoms with Gasteiger partial charge in [0.25, 0.3) is 0 Å². The van der Waals surface area contributed by atoms with Gasteiger partial charge in [-0.25, -0.2) is 0 Å². The molecule has 1 atom stereocenters. The topological polar surface area (TPSA) is 18.5 Å². The fourth-order valence-electron chi connectivity index (χ4n) is 2.43. The van der Waals surface area contributed by atoms with Crippen molar-refractivity contribution in [1.82, 2.24) is 0 Å². The second kappa shape index (κ2) is 5.82. The van der Waals surface area contributed by atoms with Crippen LogP contribution in [0.5, 0.6) is 0 Å².